The number of fused-ring (bicyclic) bond motifs is 10. The number of hydrogen-bond acceptors (Lipinski definition) is 2. The highest BCUT2D eigenvalue weighted by molar-refractivity contribution is 14.2. The highest BCUT2D eigenvalue weighted by atomic mass is 127. The Kier molecular flexibility index (Phi) is 5.10. The zero-order valence-electron chi connectivity index (χ0n) is 20.2. The maximum absolute atomic E-state index is 6.50. The Morgan fingerprint density at radius 3 is 1.26 bits per heavy atom. The molecule has 0 unspecified atom stereocenters. The van der Waals surface area contributed by atoms with Gasteiger partial charge in [0.1, 0.15) is 22.3 Å². The van der Waals surface area contributed by atoms with Crippen LogP contribution >= 0.6 is 41.5 Å². The van der Waals surface area contributed by atoms with Crippen LogP contribution < -0.4 is 0 Å². The summed E-state index contributed by atoms with van der Waals surface area (Å²) >= 11 is -0.587. The van der Waals surface area contributed by atoms with Gasteiger partial charge in [-0.05, 0) is 58.3 Å². The van der Waals surface area contributed by atoms with Crippen molar-refractivity contribution in [2.24, 2.45) is 0 Å². The molecule has 0 amide bonds. The molecule has 38 heavy (non-hydrogen) atoms. The van der Waals surface area contributed by atoms with Gasteiger partial charge < -0.3 is 8.83 Å². The molecule has 0 radical (unpaired) electrons. The fraction of sp³-hybridized carbons (Fsp3) is 0. The summed E-state index contributed by atoms with van der Waals surface area (Å²) in [6.45, 7) is 0. The molecule has 8 rings (SSSR count). The van der Waals surface area contributed by atoms with Gasteiger partial charge in [0.2, 0.25) is 0 Å². The van der Waals surface area contributed by atoms with Gasteiger partial charge in [0.25, 0.3) is 0 Å². The second-order valence-corrected chi connectivity index (χ2v) is 13.3. The maximum atomic E-state index is 6.50. The van der Waals surface area contributed by atoms with E-state index in [-0.39, 0.29) is 41.5 Å². The van der Waals surface area contributed by atoms with Gasteiger partial charge in [0.15, 0.2) is 0 Å². The van der Waals surface area contributed by atoms with E-state index < -0.39 is 0 Å². The SMILES string of the molecule is C=Ic1cc2c3ccc(-c4ccc5c(c4)oc4c6ccccc6c(I=C)cc54)cc3oc2c2ccccc12. The van der Waals surface area contributed by atoms with E-state index in [0.717, 1.165) is 44.2 Å². The van der Waals surface area contributed by atoms with Crippen molar-refractivity contribution in [1.29, 1.82) is 0 Å². The van der Waals surface area contributed by atoms with Crippen LogP contribution in [0.3, 0.4) is 0 Å². The highest BCUT2D eigenvalue weighted by Gasteiger charge is 2.16. The maximum Gasteiger partial charge on any atom is 0.143 e. The lowest BCUT2D eigenvalue weighted by Gasteiger charge is -2.03. The Bertz CT molecular complexity index is 2120. The smallest absolute Gasteiger partial charge is 0.143 e. The van der Waals surface area contributed by atoms with Crippen molar-refractivity contribution in [3.8, 4) is 11.1 Å². The number of furan rings is 2. The van der Waals surface area contributed by atoms with Gasteiger partial charge in [0.05, 0.1) is 0 Å². The molecular formula is C34H20I2O2. The van der Waals surface area contributed by atoms with Crippen molar-refractivity contribution in [2.45, 2.75) is 0 Å². The second-order valence-electron chi connectivity index (χ2n) is 9.45. The highest BCUT2D eigenvalue weighted by Crippen LogP contribution is 2.41. The normalized spacial score (nSPS) is 12.1. The van der Waals surface area contributed by atoms with E-state index in [2.05, 4.69) is 106 Å². The average Bonchev–Trinajstić information content (AvgIpc) is 3.53. The molecule has 8 aromatic rings. The van der Waals surface area contributed by atoms with Crippen molar-refractivity contribution in [1.82, 2.24) is 0 Å². The molecule has 0 aliphatic rings. The van der Waals surface area contributed by atoms with Crippen molar-refractivity contribution >= 4 is 116 Å². The third kappa shape index (κ3) is 3.23. The molecule has 0 aliphatic carbocycles. The van der Waals surface area contributed by atoms with Crippen LogP contribution in [0.4, 0.5) is 0 Å². The van der Waals surface area contributed by atoms with E-state index in [0.29, 0.717) is 0 Å². The summed E-state index contributed by atoms with van der Waals surface area (Å²) in [7, 11) is 0. The quantitative estimate of drug-likeness (QED) is 0.170. The summed E-state index contributed by atoms with van der Waals surface area (Å²) < 4.78 is 24.2. The summed E-state index contributed by atoms with van der Waals surface area (Å²) in [5.41, 5.74) is 5.95. The van der Waals surface area contributed by atoms with Crippen molar-refractivity contribution < 1.29 is 8.83 Å². The van der Waals surface area contributed by atoms with Crippen LogP contribution in [0, 0.1) is 7.14 Å². The largest absolute Gasteiger partial charge is 0.455 e. The number of halogens is 2. The van der Waals surface area contributed by atoms with Crippen LogP contribution in [0.25, 0.3) is 76.5 Å². The summed E-state index contributed by atoms with van der Waals surface area (Å²) in [5, 5.41) is 9.49. The van der Waals surface area contributed by atoms with Crippen LogP contribution in [-0.4, -0.2) is 9.03 Å². The van der Waals surface area contributed by atoms with E-state index in [9.17, 15) is 0 Å². The fourth-order valence-corrected chi connectivity index (χ4v) is 8.51. The van der Waals surface area contributed by atoms with Crippen molar-refractivity contribution in [2.75, 3.05) is 0 Å². The number of rotatable bonds is 3. The molecule has 0 aliphatic heterocycles. The Morgan fingerprint density at radius 2 is 0.842 bits per heavy atom. The summed E-state index contributed by atoms with van der Waals surface area (Å²) in [6, 6.07) is 34.7. The van der Waals surface area contributed by atoms with Gasteiger partial charge in [-0.25, -0.2) is 0 Å². The molecule has 2 heterocycles. The first kappa shape index (κ1) is 22.6. The van der Waals surface area contributed by atoms with Gasteiger partial charge in [0, 0.05) is 39.5 Å². The predicted octanol–water partition coefficient (Wildman–Crippen LogP) is 10.6. The third-order valence-corrected chi connectivity index (χ3v) is 10.9. The minimum Gasteiger partial charge on any atom is -0.455 e. The number of hydrogen-bond donors (Lipinski definition) is 0. The lowest BCUT2D eigenvalue weighted by Crippen LogP contribution is -1.80. The third-order valence-electron chi connectivity index (χ3n) is 7.48. The Hall–Kier alpha value is -3.36. The molecule has 4 heteroatoms. The molecule has 0 N–H and O–H groups in total. The molecule has 0 spiro atoms. The summed E-state index contributed by atoms with van der Waals surface area (Å²) in [6.07, 6.45) is 0. The topological polar surface area (TPSA) is 26.3 Å². The van der Waals surface area contributed by atoms with E-state index in [1.165, 1.54) is 39.5 Å². The molecule has 0 saturated heterocycles. The molecule has 2 aromatic heterocycles. The molecule has 6 aromatic carbocycles. The first-order valence-corrected chi connectivity index (χ1v) is 17.5. The first-order chi connectivity index (χ1) is 18.7. The second kappa shape index (κ2) is 8.58. The van der Waals surface area contributed by atoms with Crippen LogP contribution in [0.5, 0.6) is 0 Å². The Morgan fingerprint density at radius 1 is 0.421 bits per heavy atom. The fourth-order valence-electron chi connectivity index (χ4n) is 5.69. The van der Waals surface area contributed by atoms with Crippen LogP contribution in [0.15, 0.2) is 106 Å². The van der Waals surface area contributed by atoms with Gasteiger partial charge in [-0.2, -0.15) is 0 Å². The monoisotopic (exact) mass is 714 g/mol. The molecule has 0 bridgehead atoms. The zero-order valence-corrected chi connectivity index (χ0v) is 24.5. The van der Waals surface area contributed by atoms with E-state index in [1.807, 2.05) is 0 Å². The molecule has 182 valence electrons. The predicted molar refractivity (Wildman–Crippen MR) is 181 cm³/mol. The molecule has 0 fully saturated rings. The van der Waals surface area contributed by atoms with Crippen molar-refractivity contribution in [3.05, 3.63) is 104 Å². The van der Waals surface area contributed by atoms with Crippen molar-refractivity contribution in [3.63, 3.8) is 0 Å². The standard InChI is InChI=1S/C34H20I2O2/c1-35-29-17-27-23-13-11-19(15-31(23)37-33(27)25-9-5-3-7-21(25)29)20-12-14-24-28-18-30(36-2)22-8-4-6-10-26(22)34(28)38-32(24)16-20/h3-18H,1-2H2. The minimum absolute atomic E-state index is 0.294. The average molecular weight is 714 g/mol. The van der Waals surface area contributed by atoms with Gasteiger partial charge >= 0.3 is 0 Å². The lowest BCUT2D eigenvalue weighted by atomic mass is 10.0. The Labute approximate surface area is 238 Å². The molecular weight excluding hydrogens is 694 g/mol. The van der Waals surface area contributed by atoms with E-state index in [4.69, 9.17) is 8.83 Å². The molecule has 0 atom stereocenters. The Balaban J connectivity index is 1.34. The number of benzene rings is 6. The molecule has 0 saturated carbocycles. The first-order valence-electron chi connectivity index (χ1n) is 12.3. The lowest BCUT2D eigenvalue weighted by molar-refractivity contribution is 0.672. The van der Waals surface area contributed by atoms with Crippen LogP contribution in [0.2, 0.25) is 0 Å². The molecule has 2 nitrogen and oxygen atoms in total. The summed E-state index contributed by atoms with van der Waals surface area (Å²) in [5.74, 6) is 0. The van der Waals surface area contributed by atoms with Gasteiger partial charge in [-0.15, -0.1) is 0 Å². The summed E-state index contributed by atoms with van der Waals surface area (Å²) in [4.78, 5) is 0. The van der Waals surface area contributed by atoms with Gasteiger partial charge in [-0.3, -0.25) is 0 Å². The van der Waals surface area contributed by atoms with Crippen LogP contribution in [-0.2, 0) is 0 Å². The van der Waals surface area contributed by atoms with E-state index >= 15 is 0 Å². The minimum atomic E-state index is -0.294. The zero-order chi connectivity index (χ0) is 25.4. The van der Waals surface area contributed by atoms with Gasteiger partial charge in [-0.1, -0.05) is 111 Å². The van der Waals surface area contributed by atoms with Crippen LogP contribution in [0.1, 0.15) is 0 Å². The van der Waals surface area contributed by atoms with E-state index in [1.54, 1.807) is 0 Å².